The SMILES string of the molecule is CC(N)Cc1c(Cl)cccc1Oc1cccc(Cl)c1F. The Balaban J connectivity index is 2.38. The summed E-state index contributed by atoms with van der Waals surface area (Å²) in [6.07, 6.45) is 0.539. The van der Waals surface area contributed by atoms with Crippen LogP contribution in [0.25, 0.3) is 0 Å². The van der Waals surface area contributed by atoms with E-state index >= 15 is 0 Å². The van der Waals surface area contributed by atoms with Gasteiger partial charge < -0.3 is 10.5 Å². The highest BCUT2D eigenvalue weighted by Gasteiger charge is 2.14. The molecule has 0 fully saturated rings. The van der Waals surface area contributed by atoms with Crippen LogP contribution in [0.5, 0.6) is 11.5 Å². The number of hydrogen-bond acceptors (Lipinski definition) is 2. The Hall–Kier alpha value is -1.29. The molecule has 0 saturated carbocycles. The van der Waals surface area contributed by atoms with Crippen molar-refractivity contribution >= 4 is 23.2 Å². The van der Waals surface area contributed by atoms with Crippen LogP contribution in [-0.2, 0) is 6.42 Å². The molecule has 0 spiro atoms. The third-order valence-electron chi connectivity index (χ3n) is 2.74. The molecule has 2 N–H and O–H groups in total. The van der Waals surface area contributed by atoms with E-state index in [-0.39, 0.29) is 16.8 Å². The fourth-order valence-corrected chi connectivity index (χ4v) is 2.24. The molecule has 2 rings (SSSR count). The summed E-state index contributed by atoms with van der Waals surface area (Å²) in [6, 6.07) is 9.73. The minimum atomic E-state index is -0.596. The maximum Gasteiger partial charge on any atom is 0.184 e. The monoisotopic (exact) mass is 313 g/mol. The summed E-state index contributed by atoms with van der Waals surface area (Å²) >= 11 is 11.9. The van der Waals surface area contributed by atoms with Gasteiger partial charge in [-0.1, -0.05) is 35.3 Å². The molecule has 0 bridgehead atoms. The van der Waals surface area contributed by atoms with Crippen LogP contribution in [0.15, 0.2) is 36.4 Å². The summed E-state index contributed by atoms with van der Waals surface area (Å²) in [5, 5.41) is 0.556. The molecule has 0 aromatic heterocycles. The van der Waals surface area contributed by atoms with Gasteiger partial charge >= 0.3 is 0 Å². The summed E-state index contributed by atoms with van der Waals surface area (Å²) in [7, 11) is 0. The zero-order chi connectivity index (χ0) is 14.7. The molecule has 5 heteroatoms. The Morgan fingerprint density at radius 3 is 2.35 bits per heavy atom. The van der Waals surface area contributed by atoms with Gasteiger partial charge in [0.1, 0.15) is 5.75 Å². The van der Waals surface area contributed by atoms with E-state index in [1.807, 2.05) is 6.92 Å². The molecule has 0 aliphatic rings. The van der Waals surface area contributed by atoms with Crippen molar-refractivity contribution in [1.29, 1.82) is 0 Å². The van der Waals surface area contributed by atoms with Gasteiger partial charge in [0.05, 0.1) is 5.02 Å². The van der Waals surface area contributed by atoms with Gasteiger partial charge in [-0.05, 0) is 37.6 Å². The lowest BCUT2D eigenvalue weighted by Crippen LogP contribution is -2.18. The van der Waals surface area contributed by atoms with Crippen molar-refractivity contribution < 1.29 is 9.13 Å². The van der Waals surface area contributed by atoms with E-state index in [4.69, 9.17) is 33.7 Å². The molecule has 0 saturated heterocycles. The van der Waals surface area contributed by atoms with Crippen LogP contribution in [0.4, 0.5) is 4.39 Å². The van der Waals surface area contributed by atoms with E-state index in [1.54, 1.807) is 24.3 Å². The molecule has 20 heavy (non-hydrogen) atoms. The molecule has 1 unspecified atom stereocenters. The number of hydrogen-bond donors (Lipinski definition) is 1. The van der Waals surface area contributed by atoms with Crippen LogP contribution in [0.2, 0.25) is 10.0 Å². The van der Waals surface area contributed by atoms with Crippen molar-refractivity contribution in [2.45, 2.75) is 19.4 Å². The van der Waals surface area contributed by atoms with E-state index < -0.39 is 5.82 Å². The number of benzene rings is 2. The molecule has 0 radical (unpaired) electrons. The van der Waals surface area contributed by atoms with Crippen LogP contribution in [-0.4, -0.2) is 6.04 Å². The van der Waals surface area contributed by atoms with Crippen LogP contribution < -0.4 is 10.5 Å². The number of halogens is 3. The van der Waals surface area contributed by atoms with Crippen molar-refractivity contribution in [2.24, 2.45) is 5.73 Å². The molecule has 0 aliphatic carbocycles. The molecule has 0 aliphatic heterocycles. The molecule has 0 heterocycles. The zero-order valence-electron chi connectivity index (χ0n) is 10.9. The summed E-state index contributed by atoms with van der Waals surface area (Å²) < 4.78 is 19.5. The van der Waals surface area contributed by atoms with Gasteiger partial charge in [0.2, 0.25) is 0 Å². The molecule has 0 amide bonds. The Kier molecular flexibility index (Phi) is 4.86. The van der Waals surface area contributed by atoms with E-state index in [9.17, 15) is 4.39 Å². The second-order valence-electron chi connectivity index (χ2n) is 4.55. The smallest absolute Gasteiger partial charge is 0.184 e. The quantitative estimate of drug-likeness (QED) is 0.878. The van der Waals surface area contributed by atoms with Crippen molar-refractivity contribution in [1.82, 2.24) is 0 Å². The van der Waals surface area contributed by atoms with Gasteiger partial charge in [-0.2, -0.15) is 0 Å². The Morgan fingerprint density at radius 1 is 1.10 bits per heavy atom. The van der Waals surface area contributed by atoms with Crippen LogP contribution >= 0.6 is 23.2 Å². The second-order valence-corrected chi connectivity index (χ2v) is 5.37. The molecular formula is C15H14Cl2FNO. The third kappa shape index (κ3) is 3.42. The fraction of sp³-hybridized carbons (Fsp3) is 0.200. The lowest BCUT2D eigenvalue weighted by Gasteiger charge is -2.15. The highest BCUT2D eigenvalue weighted by molar-refractivity contribution is 6.31. The summed E-state index contributed by atoms with van der Waals surface area (Å²) in [5.41, 5.74) is 6.55. The van der Waals surface area contributed by atoms with Gasteiger partial charge in [0.25, 0.3) is 0 Å². The minimum Gasteiger partial charge on any atom is -0.454 e. The molecular weight excluding hydrogens is 300 g/mol. The van der Waals surface area contributed by atoms with Crippen LogP contribution in [0.3, 0.4) is 0 Å². The van der Waals surface area contributed by atoms with Gasteiger partial charge in [0.15, 0.2) is 11.6 Å². The lowest BCUT2D eigenvalue weighted by atomic mass is 10.1. The Labute approximate surface area is 127 Å². The normalized spacial score (nSPS) is 12.2. The summed E-state index contributed by atoms with van der Waals surface area (Å²) in [6.45, 7) is 1.87. The number of ether oxygens (including phenoxy) is 1. The average Bonchev–Trinajstić information content (AvgIpc) is 2.38. The molecule has 2 aromatic carbocycles. The largest absolute Gasteiger partial charge is 0.454 e. The van der Waals surface area contributed by atoms with Crippen molar-refractivity contribution in [2.75, 3.05) is 0 Å². The first kappa shape index (κ1) is 15.1. The first-order valence-electron chi connectivity index (χ1n) is 6.14. The number of nitrogens with two attached hydrogens (primary N) is 1. The third-order valence-corrected chi connectivity index (χ3v) is 3.38. The summed E-state index contributed by atoms with van der Waals surface area (Å²) in [4.78, 5) is 0. The topological polar surface area (TPSA) is 35.2 Å². The van der Waals surface area contributed by atoms with Crippen molar-refractivity contribution in [3.05, 3.63) is 57.8 Å². The minimum absolute atomic E-state index is 0.0123. The molecule has 1 atom stereocenters. The van der Waals surface area contributed by atoms with Crippen LogP contribution in [0.1, 0.15) is 12.5 Å². The predicted molar refractivity (Wildman–Crippen MR) is 80.3 cm³/mol. The van der Waals surface area contributed by atoms with Gasteiger partial charge in [-0.15, -0.1) is 0 Å². The fourth-order valence-electron chi connectivity index (χ4n) is 1.84. The van der Waals surface area contributed by atoms with Gasteiger partial charge in [-0.25, -0.2) is 4.39 Å². The van der Waals surface area contributed by atoms with E-state index in [1.165, 1.54) is 12.1 Å². The van der Waals surface area contributed by atoms with E-state index in [0.29, 0.717) is 17.2 Å². The van der Waals surface area contributed by atoms with E-state index in [2.05, 4.69) is 0 Å². The lowest BCUT2D eigenvalue weighted by molar-refractivity contribution is 0.436. The predicted octanol–water partition coefficient (Wildman–Crippen LogP) is 4.81. The maximum absolute atomic E-state index is 13.9. The molecule has 106 valence electrons. The maximum atomic E-state index is 13.9. The zero-order valence-corrected chi connectivity index (χ0v) is 12.4. The standard InChI is InChI=1S/C15H14Cl2FNO/c1-9(19)8-10-11(16)4-2-6-13(10)20-14-7-3-5-12(17)15(14)18/h2-7,9H,8,19H2,1H3. The first-order chi connectivity index (χ1) is 9.49. The van der Waals surface area contributed by atoms with E-state index in [0.717, 1.165) is 5.56 Å². The summed E-state index contributed by atoms with van der Waals surface area (Å²) in [5.74, 6) is -0.0532. The van der Waals surface area contributed by atoms with Crippen molar-refractivity contribution in [3.63, 3.8) is 0 Å². The van der Waals surface area contributed by atoms with Crippen molar-refractivity contribution in [3.8, 4) is 11.5 Å². The Morgan fingerprint density at radius 2 is 1.70 bits per heavy atom. The number of rotatable bonds is 4. The highest BCUT2D eigenvalue weighted by Crippen LogP contribution is 2.34. The van der Waals surface area contributed by atoms with Gasteiger partial charge in [0, 0.05) is 16.6 Å². The second kappa shape index (κ2) is 6.44. The Bertz CT molecular complexity index is 617. The van der Waals surface area contributed by atoms with Gasteiger partial charge in [-0.3, -0.25) is 0 Å². The first-order valence-corrected chi connectivity index (χ1v) is 6.89. The van der Waals surface area contributed by atoms with Crippen LogP contribution in [0, 0.1) is 5.82 Å². The average molecular weight is 314 g/mol. The molecule has 2 nitrogen and oxygen atoms in total. The highest BCUT2D eigenvalue weighted by atomic mass is 35.5. The molecule has 2 aromatic rings.